The van der Waals surface area contributed by atoms with Crippen LogP contribution < -0.4 is 22.1 Å². The number of hydrogen-bond acceptors (Lipinski definition) is 7. The second kappa shape index (κ2) is 14.6. The Morgan fingerprint density at radius 1 is 0.927 bits per heavy atom. The maximum Gasteiger partial charge on any atom is 0.323 e. The van der Waals surface area contributed by atoms with Gasteiger partial charge in [0.05, 0.1) is 6.54 Å². The number of carboxylic acids is 1. The smallest absolute Gasteiger partial charge is 0.323 e. The summed E-state index contributed by atoms with van der Waals surface area (Å²) in [6.07, 6.45) is 1.20. The third kappa shape index (κ3) is 8.60. The number of piperazine rings is 1. The minimum absolute atomic E-state index is 0.0525. The first-order valence-electron chi connectivity index (χ1n) is 13.2. The van der Waals surface area contributed by atoms with Crippen molar-refractivity contribution in [1.29, 1.82) is 5.41 Å². The molecule has 0 spiro atoms. The number of benzene rings is 2. The van der Waals surface area contributed by atoms with Crippen molar-refractivity contribution >= 4 is 35.4 Å². The third-order valence-corrected chi connectivity index (χ3v) is 6.68. The summed E-state index contributed by atoms with van der Waals surface area (Å²) in [7, 11) is 0. The number of nitrogens with two attached hydrogens (primary N) is 2. The summed E-state index contributed by atoms with van der Waals surface area (Å²) >= 11 is 0. The Hall–Kier alpha value is -4.78. The van der Waals surface area contributed by atoms with Gasteiger partial charge in [-0.3, -0.25) is 29.4 Å². The fraction of sp³-hybridized carbons (Fsp3) is 0.357. The SMILES string of the molecule is N=C(N)c1ccc(C(=O)NCCCC2C(=O)N(CC(=O)O)CCN2C(=O)CNC(=O)c2ccc(CCN)cc2)cc1. The number of nitrogens with one attached hydrogen (secondary N) is 3. The van der Waals surface area contributed by atoms with Crippen LogP contribution in [0.25, 0.3) is 0 Å². The molecule has 0 bridgehead atoms. The van der Waals surface area contributed by atoms with Gasteiger partial charge in [0.2, 0.25) is 11.8 Å². The van der Waals surface area contributed by atoms with E-state index in [2.05, 4.69) is 10.6 Å². The second-order valence-corrected chi connectivity index (χ2v) is 9.56. The van der Waals surface area contributed by atoms with Crippen molar-refractivity contribution in [2.24, 2.45) is 11.5 Å². The van der Waals surface area contributed by atoms with Gasteiger partial charge in [0.25, 0.3) is 11.8 Å². The summed E-state index contributed by atoms with van der Waals surface area (Å²) in [5.41, 5.74) is 13.2. The van der Waals surface area contributed by atoms with E-state index >= 15 is 0 Å². The molecule has 2 aromatic carbocycles. The van der Waals surface area contributed by atoms with Gasteiger partial charge in [-0.25, -0.2) is 0 Å². The third-order valence-electron chi connectivity index (χ3n) is 6.68. The molecule has 1 fully saturated rings. The topological polar surface area (TPSA) is 212 Å². The fourth-order valence-corrected chi connectivity index (χ4v) is 4.49. The largest absolute Gasteiger partial charge is 0.480 e. The lowest BCUT2D eigenvalue weighted by molar-refractivity contribution is -0.155. The molecule has 1 aliphatic rings. The number of carbonyl (C=O) groups is 5. The molecule has 1 saturated heterocycles. The van der Waals surface area contributed by atoms with Crippen LogP contribution in [0, 0.1) is 5.41 Å². The van der Waals surface area contributed by atoms with Gasteiger partial charge in [0.15, 0.2) is 0 Å². The minimum Gasteiger partial charge on any atom is -0.480 e. The van der Waals surface area contributed by atoms with Crippen molar-refractivity contribution in [3.8, 4) is 0 Å². The van der Waals surface area contributed by atoms with E-state index in [-0.39, 0.29) is 44.3 Å². The molecule has 8 N–H and O–H groups in total. The number of carboxylic acid groups (broad SMARTS) is 1. The average Bonchev–Trinajstić information content (AvgIpc) is 2.95. The molecule has 218 valence electrons. The number of nitrogens with zero attached hydrogens (tertiary/aromatic N) is 2. The van der Waals surface area contributed by atoms with Crippen LogP contribution in [0.5, 0.6) is 0 Å². The lowest BCUT2D eigenvalue weighted by atomic mass is 10.0. The Balaban J connectivity index is 1.58. The molecule has 3 rings (SSSR count). The molecule has 4 amide bonds. The van der Waals surface area contributed by atoms with E-state index in [0.717, 1.165) is 5.56 Å². The van der Waals surface area contributed by atoms with Crippen molar-refractivity contribution in [3.63, 3.8) is 0 Å². The Kier molecular flexibility index (Phi) is 10.9. The Labute approximate surface area is 237 Å². The number of nitrogen functional groups attached to an aromatic ring is 1. The Morgan fingerprint density at radius 2 is 1.51 bits per heavy atom. The zero-order valence-corrected chi connectivity index (χ0v) is 22.6. The quantitative estimate of drug-likeness (QED) is 0.106. The Bertz CT molecular complexity index is 1280. The van der Waals surface area contributed by atoms with Gasteiger partial charge >= 0.3 is 5.97 Å². The molecular formula is C28H35N7O6. The van der Waals surface area contributed by atoms with E-state index in [0.29, 0.717) is 36.1 Å². The van der Waals surface area contributed by atoms with Gasteiger partial charge in [0.1, 0.15) is 18.4 Å². The summed E-state index contributed by atoms with van der Waals surface area (Å²) in [5, 5.41) is 21.9. The number of amides is 4. The summed E-state index contributed by atoms with van der Waals surface area (Å²) in [4.78, 5) is 65.0. The van der Waals surface area contributed by atoms with Crippen LogP contribution >= 0.6 is 0 Å². The van der Waals surface area contributed by atoms with Crippen molar-refractivity contribution in [3.05, 3.63) is 70.8 Å². The fourth-order valence-electron chi connectivity index (χ4n) is 4.49. The molecule has 41 heavy (non-hydrogen) atoms. The highest BCUT2D eigenvalue weighted by Gasteiger charge is 2.37. The van der Waals surface area contributed by atoms with Crippen LogP contribution in [-0.2, 0) is 20.8 Å². The van der Waals surface area contributed by atoms with E-state index < -0.39 is 36.3 Å². The van der Waals surface area contributed by atoms with Crippen molar-refractivity contribution < 1.29 is 29.1 Å². The molecule has 0 radical (unpaired) electrons. The van der Waals surface area contributed by atoms with Crippen LogP contribution in [0.15, 0.2) is 48.5 Å². The van der Waals surface area contributed by atoms with Gasteiger partial charge in [-0.1, -0.05) is 24.3 Å². The number of hydrogen-bond donors (Lipinski definition) is 6. The van der Waals surface area contributed by atoms with Gasteiger partial charge in [0, 0.05) is 36.3 Å². The van der Waals surface area contributed by atoms with E-state index in [9.17, 15) is 29.1 Å². The predicted molar refractivity (Wildman–Crippen MR) is 150 cm³/mol. The van der Waals surface area contributed by atoms with Gasteiger partial charge in [-0.2, -0.15) is 0 Å². The van der Waals surface area contributed by atoms with E-state index in [1.165, 1.54) is 9.80 Å². The predicted octanol–water partition coefficient (Wildman–Crippen LogP) is -0.464. The maximum atomic E-state index is 13.1. The van der Waals surface area contributed by atoms with E-state index in [1.807, 2.05) is 0 Å². The number of rotatable bonds is 13. The molecule has 1 atom stereocenters. The van der Waals surface area contributed by atoms with Gasteiger partial charge < -0.3 is 37.0 Å². The summed E-state index contributed by atoms with van der Waals surface area (Å²) in [6.45, 7) is 0.0370. The first kappa shape index (κ1) is 30.8. The molecule has 13 nitrogen and oxygen atoms in total. The zero-order valence-electron chi connectivity index (χ0n) is 22.6. The highest BCUT2D eigenvalue weighted by Crippen LogP contribution is 2.17. The lowest BCUT2D eigenvalue weighted by Gasteiger charge is -2.40. The first-order chi connectivity index (χ1) is 19.6. The van der Waals surface area contributed by atoms with E-state index in [1.54, 1.807) is 48.5 Å². The highest BCUT2D eigenvalue weighted by molar-refractivity contribution is 5.98. The lowest BCUT2D eigenvalue weighted by Crippen LogP contribution is -2.60. The summed E-state index contributed by atoms with van der Waals surface area (Å²) < 4.78 is 0. The van der Waals surface area contributed by atoms with Crippen molar-refractivity contribution in [2.45, 2.75) is 25.3 Å². The number of amidine groups is 1. The van der Waals surface area contributed by atoms with Crippen LogP contribution in [0.1, 0.15) is 44.7 Å². The molecule has 1 aliphatic heterocycles. The monoisotopic (exact) mass is 565 g/mol. The number of aliphatic carboxylic acids is 1. The zero-order chi connectivity index (χ0) is 29.9. The van der Waals surface area contributed by atoms with Crippen molar-refractivity contribution in [1.82, 2.24) is 20.4 Å². The van der Waals surface area contributed by atoms with Gasteiger partial charge in [-0.15, -0.1) is 0 Å². The second-order valence-electron chi connectivity index (χ2n) is 9.56. The molecular weight excluding hydrogens is 530 g/mol. The standard InChI is InChI=1S/C28H35N7O6/c29-12-11-18-3-5-20(6-4-18)27(40)33-16-23(36)35-15-14-34(17-24(37)38)28(41)22(35)2-1-13-32-26(39)21-9-7-19(8-10-21)25(30)31/h3-10,22H,1-2,11-17,29H2,(H3,30,31)(H,32,39)(H,33,40)(H,37,38). The molecule has 0 aromatic heterocycles. The van der Waals surface area contributed by atoms with E-state index in [4.69, 9.17) is 16.9 Å². The summed E-state index contributed by atoms with van der Waals surface area (Å²) in [6, 6.07) is 12.2. The normalized spacial score (nSPS) is 14.9. The molecule has 2 aromatic rings. The summed E-state index contributed by atoms with van der Waals surface area (Å²) in [5.74, 6) is -3.04. The number of carbonyl (C=O) groups excluding carboxylic acids is 4. The maximum absolute atomic E-state index is 13.1. The molecule has 0 aliphatic carbocycles. The van der Waals surface area contributed by atoms with Gasteiger partial charge in [-0.05, 0) is 55.6 Å². The van der Waals surface area contributed by atoms with Crippen LogP contribution in [0.2, 0.25) is 0 Å². The average molecular weight is 566 g/mol. The molecule has 1 unspecified atom stereocenters. The van der Waals surface area contributed by atoms with Crippen molar-refractivity contribution in [2.75, 3.05) is 39.3 Å². The highest BCUT2D eigenvalue weighted by atomic mass is 16.4. The van der Waals surface area contributed by atoms with Crippen LogP contribution in [0.4, 0.5) is 0 Å². The minimum atomic E-state index is -1.16. The van der Waals surface area contributed by atoms with Crippen LogP contribution in [0.3, 0.4) is 0 Å². The van der Waals surface area contributed by atoms with Crippen LogP contribution in [-0.4, -0.2) is 95.7 Å². The first-order valence-corrected chi connectivity index (χ1v) is 13.2. The molecule has 1 heterocycles. The molecule has 0 saturated carbocycles. The molecule has 13 heteroatoms. The Morgan fingerprint density at radius 3 is 2.10 bits per heavy atom.